The lowest BCUT2D eigenvalue weighted by Crippen LogP contribution is -2.46. The van der Waals surface area contributed by atoms with Crippen molar-refractivity contribution in [3.63, 3.8) is 0 Å². The zero-order valence-electron chi connectivity index (χ0n) is 13.6. The number of nitrogens with zero attached hydrogens (tertiary/aromatic N) is 4. The Morgan fingerprint density at radius 3 is 2.54 bits per heavy atom. The van der Waals surface area contributed by atoms with Crippen LogP contribution >= 0.6 is 0 Å². The van der Waals surface area contributed by atoms with Gasteiger partial charge in [-0.15, -0.1) is 0 Å². The summed E-state index contributed by atoms with van der Waals surface area (Å²) in [5, 5.41) is 3.18. The van der Waals surface area contributed by atoms with Crippen molar-refractivity contribution in [3.8, 4) is 0 Å². The Labute approximate surface area is 140 Å². The van der Waals surface area contributed by atoms with Crippen molar-refractivity contribution < 1.29 is 9.18 Å². The average Bonchev–Trinajstić information content (AvgIpc) is 2.61. The molecule has 24 heavy (non-hydrogen) atoms. The standard InChI is InChI=1S/C17H20FN5O/c1-13-10-16(23-8-6-22(12-24)7-9-23)21-17(20-13)19-11-14-2-4-15(18)5-3-14/h2-5,10,12H,6-9,11H2,1H3,(H,19,20,21). The number of anilines is 2. The molecule has 0 unspecified atom stereocenters. The van der Waals surface area contributed by atoms with Crippen molar-refractivity contribution in [3.05, 3.63) is 47.4 Å². The van der Waals surface area contributed by atoms with E-state index >= 15 is 0 Å². The molecule has 1 amide bonds. The third kappa shape index (κ3) is 3.98. The number of aromatic nitrogens is 2. The molecule has 2 heterocycles. The van der Waals surface area contributed by atoms with Crippen LogP contribution in [-0.4, -0.2) is 47.5 Å². The van der Waals surface area contributed by atoms with Gasteiger partial charge in [-0.05, 0) is 24.6 Å². The molecule has 6 nitrogen and oxygen atoms in total. The molecule has 0 spiro atoms. The van der Waals surface area contributed by atoms with E-state index in [4.69, 9.17) is 0 Å². The summed E-state index contributed by atoms with van der Waals surface area (Å²) in [6, 6.07) is 8.28. The second-order valence-electron chi connectivity index (χ2n) is 5.80. The zero-order valence-corrected chi connectivity index (χ0v) is 13.6. The molecule has 7 heteroatoms. The van der Waals surface area contributed by atoms with Crippen molar-refractivity contribution in [1.29, 1.82) is 0 Å². The van der Waals surface area contributed by atoms with Gasteiger partial charge >= 0.3 is 0 Å². The second-order valence-corrected chi connectivity index (χ2v) is 5.80. The minimum atomic E-state index is -0.248. The zero-order chi connectivity index (χ0) is 16.9. The summed E-state index contributed by atoms with van der Waals surface area (Å²) in [5.74, 6) is 1.16. The van der Waals surface area contributed by atoms with E-state index in [9.17, 15) is 9.18 Å². The van der Waals surface area contributed by atoms with Gasteiger partial charge in [-0.3, -0.25) is 4.79 Å². The lowest BCUT2D eigenvalue weighted by atomic mass is 10.2. The fourth-order valence-corrected chi connectivity index (χ4v) is 2.63. The monoisotopic (exact) mass is 329 g/mol. The van der Waals surface area contributed by atoms with Crippen molar-refractivity contribution >= 4 is 18.2 Å². The molecule has 3 rings (SSSR count). The fraction of sp³-hybridized carbons (Fsp3) is 0.353. The first kappa shape index (κ1) is 16.2. The molecule has 1 aliphatic rings. The highest BCUT2D eigenvalue weighted by Crippen LogP contribution is 2.17. The number of halogens is 1. The normalized spacial score (nSPS) is 14.6. The van der Waals surface area contributed by atoms with Crippen LogP contribution in [0.1, 0.15) is 11.3 Å². The Morgan fingerprint density at radius 2 is 1.88 bits per heavy atom. The number of hydrogen-bond acceptors (Lipinski definition) is 5. The first-order chi connectivity index (χ1) is 11.6. The number of benzene rings is 1. The minimum Gasteiger partial charge on any atom is -0.353 e. The number of carbonyl (C=O) groups excluding carboxylic acids is 1. The second kappa shape index (κ2) is 7.25. The number of aryl methyl sites for hydroxylation is 1. The van der Waals surface area contributed by atoms with Crippen LogP contribution in [0.5, 0.6) is 0 Å². The molecule has 0 aliphatic carbocycles. The summed E-state index contributed by atoms with van der Waals surface area (Å²) in [7, 11) is 0. The first-order valence-electron chi connectivity index (χ1n) is 7.92. The summed E-state index contributed by atoms with van der Waals surface area (Å²) in [6.07, 6.45) is 0.887. The van der Waals surface area contributed by atoms with E-state index < -0.39 is 0 Å². The quantitative estimate of drug-likeness (QED) is 0.848. The highest BCUT2D eigenvalue weighted by molar-refractivity contribution is 5.50. The summed E-state index contributed by atoms with van der Waals surface area (Å²) in [5.41, 5.74) is 1.84. The molecule has 0 atom stereocenters. The maximum atomic E-state index is 12.9. The van der Waals surface area contributed by atoms with Crippen molar-refractivity contribution in [2.75, 3.05) is 36.4 Å². The number of hydrogen-bond donors (Lipinski definition) is 1. The van der Waals surface area contributed by atoms with E-state index in [2.05, 4.69) is 20.2 Å². The molecule has 0 saturated carbocycles. The third-order valence-electron chi connectivity index (χ3n) is 3.99. The third-order valence-corrected chi connectivity index (χ3v) is 3.99. The van der Waals surface area contributed by atoms with Crippen LogP contribution in [-0.2, 0) is 11.3 Å². The number of carbonyl (C=O) groups is 1. The molecule has 126 valence electrons. The summed E-state index contributed by atoms with van der Waals surface area (Å²) < 4.78 is 12.9. The van der Waals surface area contributed by atoms with E-state index in [0.29, 0.717) is 25.6 Å². The number of amides is 1. The molecule has 1 N–H and O–H groups in total. The summed E-state index contributed by atoms with van der Waals surface area (Å²) in [6.45, 7) is 5.37. The molecule has 0 radical (unpaired) electrons. The number of rotatable bonds is 5. The molecule has 1 fully saturated rings. The Morgan fingerprint density at radius 1 is 1.17 bits per heavy atom. The van der Waals surface area contributed by atoms with Crippen molar-refractivity contribution in [2.24, 2.45) is 0 Å². The van der Waals surface area contributed by atoms with Gasteiger partial charge in [0.05, 0.1) is 0 Å². The summed E-state index contributed by atoms with van der Waals surface area (Å²) >= 11 is 0. The lowest BCUT2D eigenvalue weighted by Gasteiger charge is -2.33. The minimum absolute atomic E-state index is 0.248. The Hall–Kier alpha value is -2.70. The van der Waals surface area contributed by atoms with Gasteiger partial charge < -0.3 is 15.1 Å². The Balaban J connectivity index is 1.67. The topological polar surface area (TPSA) is 61.4 Å². The molecule has 0 bridgehead atoms. The van der Waals surface area contributed by atoms with Crippen LogP contribution in [0.4, 0.5) is 16.2 Å². The smallest absolute Gasteiger partial charge is 0.225 e. The first-order valence-corrected chi connectivity index (χ1v) is 7.92. The van der Waals surface area contributed by atoms with Crippen LogP contribution in [0.25, 0.3) is 0 Å². The van der Waals surface area contributed by atoms with Crippen LogP contribution in [0.3, 0.4) is 0 Å². The van der Waals surface area contributed by atoms with Gasteiger partial charge in [-0.25, -0.2) is 9.37 Å². The number of nitrogens with one attached hydrogen (secondary N) is 1. The Kier molecular flexibility index (Phi) is 4.88. The Bertz CT molecular complexity index is 699. The summed E-state index contributed by atoms with van der Waals surface area (Å²) in [4.78, 5) is 23.7. The van der Waals surface area contributed by atoms with Gasteiger partial charge in [0.15, 0.2) is 0 Å². The number of piperazine rings is 1. The molecule has 2 aromatic rings. The van der Waals surface area contributed by atoms with E-state index in [1.54, 1.807) is 17.0 Å². The van der Waals surface area contributed by atoms with E-state index in [0.717, 1.165) is 36.6 Å². The lowest BCUT2D eigenvalue weighted by molar-refractivity contribution is -0.118. The molecular weight excluding hydrogens is 309 g/mol. The van der Waals surface area contributed by atoms with Gasteiger partial charge in [0.1, 0.15) is 11.6 Å². The molecular formula is C17H20FN5O. The fourth-order valence-electron chi connectivity index (χ4n) is 2.63. The van der Waals surface area contributed by atoms with Crippen molar-refractivity contribution in [2.45, 2.75) is 13.5 Å². The highest BCUT2D eigenvalue weighted by Gasteiger charge is 2.17. The van der Waals surface area contributed by atoms with Gasteiger partial charge in [-0.2, -0.15) is 4.98 Å². The van der Waals surface area contributed by atoms with Crippen LogP contribution < -0.4 is 10.2 Å². The van der Waals surface area contributed by atoms with Crippen LogP contribution in [0.15, 0.2) is 30.3 Å². The molecule has 1 aromatic heterocycles. The highest BCUT2D eigenvalue weighted by atomic mass is 19.1. The molecule has 1 saturated heterocycles. The van der Waals surface area contributed by atoms with Crippen molar-refractivity contribution in [1.82, 2.24) is 14.9 Å². The van der Waals surface area contributed by atoms with Gasteiger partial charge in [-0.1, -0.05) is 12.1 Å². The SMILES string of the molecule is Cc1cc(N2CCN(C=O)CC2)nc(NCc2ccc(F)cc2)n1. The van der Waals surface area contributed by atoms with E-state index in [-0.39, 0.29) is 5.82 Å². The van der Waals surface area contributed by atoms with E-state index in [1.807, 2.05) is 13.0 Å². The predicted octanol–water partition coefficient (Wildman–Crippen LogP) is 1.81. The van der Waals surface area contributed by atoms with Gasteiger partial charge in [0.25, 0.3) is 0 Å². The maximum absolute atomic E-state index is 12.9. The predicted molar refractivity (Wildman–Crippen MR) is 90.3 cm³/mol. The molecule has 1 aliphatic heterocycles. The van der Waals surface area contributed by atoms with Gasteiger partial charge in [0, 0.05) is 44.5 Å². The van der Waals surface area contributed by atoms with Gasteiger partial charge in [0.2, 0.25) is 12.4 Å². The largest absolute Gasteiger partial charge is 0.353 e. The molecule has 1 aromatic carbocycles. The van der Waals surface area contributed by atoms with E-state index in [1.165, 1.54) is 12.1 Å². The average molecular weight is 329 g/mol. The van der Waals surface area contributed by atoms with Crippen LogP contribution in [0, 0.1) is 12.7 Å². The van der Waals surface area contributed by atoms with Crippen LogP contribution in [0.2, 0.25) is 0 Å². The maximum Gasteiger partial charge on any atom is 0.225 e.